The number of likely N-dealkylation sites (N-methyl/N-ethyl adjacent to an activating group) is 1. The molecule has 8 rings (SSSR count). The molecule has 4 aromatic carbocycles. The van der Waals surface area contributed by atoms with Crippen molar-refractivity contribution in [1.29, 1.82) is 0 Å². The van der Waals surface area contributed by atoms with Gasteiger partial charge in [-0.15, -0.1) is 0 Å². The highest BCUT2D eigenvalue weighted by molar-refractivity contribution is 6.37. The molecule has 2 aromatic heterocycles. The highest BCUT2D eigenvalue weighted by atomic mass is 35.5. The zero-order valence-electron chi connectivity index (χ0n) is 35.7. The lowest BCUT2D eigenvalue weighted by Gasteiger charge is -2.32. The first kappa shape index (κ1) is 44.8. The van der Waals surface area contributed by atoms with Gasteiger partial charge < -0.3 is 19.7 Å². The molecule has 0 unspecified atom stereocenters. The number of benzene rings is 4. The minimum atomic E-state index is 0.0421. The topological polar surface area (TPSA) is 85.3 Å². The molecule has 0 fully saturated rings. The zero-order chi connectivity index (χ0) is 43.4. The van der Waals surface area contributed by atoms with Crippen LogP contribution in [0.5, 0.6) is 0 Å². The number of aryl methyl sites for hydroxylation is 4. The van der Waals surface area contributed by atoms with Crippen LogP contribution in [0.25, 0.3) is 22.5 Å². The van der Waals surface area contributed by atoms with Crippen LogP contribution in [0.2, 0.25) is 20.1 Å². The third-order valence-electron chi connectivity index (χ3n) is 11.8. The number of anilines is 2. The van der Waals surface area contributed by atoms with Crippen molar-refractivity contribution < 1.29 is 9.47 Å². The summed E-state index contributed by atoms with van der Waals surface area (Å²) in [6, 6.07) is 28.2. The number of halogens is 4. The third-order valence-corrected chi connectivity index (χ3v) is 12.8. The highest BCUT2D eigenvalue weighted by Gasteiger charge is 2.37. The second-order valence-corrected chi connectivity index (χ2v) is 17.0. The van der Waals surface area contributed by atoms with Gasteiger partial charge in [-0.3, -0.25) is 0 Å². The summed E-state index contributed by atoms with van der Waals surface area (Å²) in [5.41, 5.74) is 12.2. The number of methoxy groups -OCH3 is 2. The Labute approximate surface area is 380 Å². The van der Waals surface area contributed by atoms with E-state index in [0.717, 1.165) is 95.5 Å². The fourth-order valence-corrected chi connectivity index (χ4v) is 9.60. The van der Waals surface area contributed by atoms with Crippen molar-refractivity contribution in [3.05, 3.63) is 150 Å². The van der Waals surface area contributed by atoms with Crippen LogP contribution in [0.15, 0.2) is 84.9 Å². The van der Waals surface area contributed by atoms with Crippen LogP contribution in [0.1, 0.15) is 84.8 Å². The van der Waals surface area contributed by atoms with E-state index in [1.54, 1.807) is 26.4 Å². The maximum atomic E-state index is 6.51. The van der Waals surface area contributed by atoms with E-state index in [2.05, 4.69) is 93.5 Å². The number of aromatic nitrogens is 4. The largest absolute Gasteiger partial charge is 0.379 e. The number of hydrogen-bond donors (Lipinski definition) is 1. The molecular weight excluding hydrogens is 846 g/mol. The Balaban J connectivity index is 0.000000184. The van der Waals surface area contributed by atoms with Crippen molar-refractivity contribution in [3.63, 3.8) is 0 Å². The summed E-state index contributed by atoms with van der Waals surface area (Å²) in [4.78, 5) is 22.4. The fourth-order valence-electron chi connectivity index (χ4n) is 8.60. The Morgan fingerprint density at radius 2 is 1.08 bits per heavy atom. The number of rotatable bonds is 12. The van der Waals surface area contributed by atoms with Gasteiger partial charge in [-0.25, -0.2) is 19.9 Å². The summed E-state index contributed by atoms with van der Waals surface area (Å²) in [6.45, 7) is 8.37. The van der Waals surface area contributed by atoms with E-state index in [4.69, 9.17) is 75.8 Å². The van der Waals surface area contributed by atoms with E-state index in [0.29, 0.717) is 20.1 Å². The van der Waals surface area contributed by atoms with Crippen molar-refractivity contribution in [3.8, 4) is 22.5 Å². The summed E-state index contributed by atoms with van der Waals surface area (Å²) in [7, 11) is 5.64. The summed E-state index contributed by atoms with van der Waals surface area (Å²) in [5, 5.41) is 6.03. The molecular formula is C49H52Cl4N6O2. The Morgan fingerprint density at radius 1 is 0.590 bits per heavy atom. The van der Waals surface area contributed by atoms with Gasteiger partial charge in [0.1, 0.15) is 5.82 Å². The van der Waals surface area contributed by atoms with Gasteiger partial charge in [-0.2, -0.15) is 0 Å². The lowest BCUT2D eigenvalue weighted by atomic mass is 10.0. The minimum Gasteiger partial charge on any atom is -0.379 e. The van der Waals surface area contributed by atoms with E-state index in [1.807, 2.05) is 24.3 Å². The Kier molecular flexibility index (Phi) is 14.6. The SMILES string of the molecule is CCc1nc(-c2ccc(Cl)cc2Cl)c(CC)nc1N[C@H]1c2ccccc2C[C@@H]1OC.CCc1nc(N(C)[C@H]2c3ccccc3C[C@@H]2OC)c(CC)nc1-c1ccc(Cl)cc1Cl. The minimum absolute atomic E-state index is 0.0421. The smallest absolute Gasteiger partial charge is 0.151 e. The molecule has 2 aliphatic carbocycles. The quantitative estimate of drug-likeness (QED) is 0.130. The van der Waals surface area contributed by atoms with E-state index >= 15 is 0 Å². The predicted molar refractivity (Wildman–Crippen MR) is 252 cm³/mol. The second kappa shape index (κ2) is 19.8. The first-order valence-electron chi connectivity index (χ1n) is 20.9. The van der Waals surface area contributed by atoms with Crippen molar-refractivity contribution in [2.45, 2.75) is 90.5 Å². The number of ether oxygens (including phenoxy) is 2. The highest BCUT2D eigenvalue weighted by Crippen LogP contribution is 2.41. The van der Waals surface area contributed by atoms with Crippen LogP contribution in [0.3, 0.4) is 0 Å². The van der Waals surface area contributed by atoms with Crippen molar-refractivity contribution in [2.24, 2.45) is 0 Å². The molecule has 4 atom stereocenters. The van der Waals surface area contributed by atoms with Crippen LogP contribution in [-0.4, -0.2) is 53.4 Å². The van der Waals surface area contributed by atoms with Gasteiger partial charge in [-0.1, -0.05) is 123 Å². The predicted octanol–water partition coefficient (Wildman–Crippen LogP) is 12.6. The molecule has 8 nitrogen and oxygen atoms in total. The summed E-state index contributed by atoms with van der Waals surface area (Å²) < 4.78 is 11.7. The molecule has 0 spiro atoms. The summed E-state index contributed by atoms with van der Waals surface area (Å²) in [6.07, 6.45) is 4.93. The first-order chi connectivity index (χ1) is 29.5. The number of hydrogen-bond acceptors (Lipinski definition) is 8. The van der Waals surface area contributed by atoms with Crippen molar-refractivity contribution >= 4 is 58.0 Å². The van der Waals surface area contributed by atoms with Gasteiger partial charge >= 0.3 is 0 Å². The maximum Gasteiger partial charge on any atom is 0.151 e. The van der Waals surface area contributed by atoms with Crippen LogP contribution in [0, 0.1) is 0 Å². The Morgan fingerprint density at radius 3 is 1.62 bits per heavy atom. The van der Waals surface area contributed by atoms with Crippen LogP contribution >= 0.6 is 46.4 Å². The van der Waals surface area contributed by atoms with Gasteiger partial charge in [0.05, 0.1) is 68.5 Å². The monoisotopic (exact) mass is 896 g/mol. The second-order valence-electron chi connectivity index (χ2n) is 15.3. The van der Waals surface area contributed by atoms with Crippen LogP contribution in [-0.2, 0) is 48.0 Å². The molecule has 0 amide bonds. The van der Waals surface area contributed by atoms with Crippen molar-refractivity contribution in [2.75, 3.05) is 31.5 Å². The molecule has 1 N–H and O–H groups in total. The summed E-state index contributed by atoms with van der Waals surface area (Å²) >= 11 is 25.2. The van der Waals surface area contributed by atoms with Crippen LogP contribution in [0.4, 0.5) is 11.6 Å². The number of nitrogens with zero attached hydrogens (tertiary/aromatic N) is 5. The third kappa shape index (κ3) is 9.27. The molecule has 6 aromatic rings. The molecule has 0 aliphatic heterocycles. The van der Waals surface area contributed by atoms with Gasteiger partial charge in [0, 0.05) is 55.3 Å². The molecule has 61 heavy (non-hydrogen) atoms. The van der Waals surface area contributed by atoms with Crippen molar-refractivity contribution in [1.82, 2.24) is 19.9 Å². The average molecular weight is 899 g/mol. The lowest BCUT2D eigenvalue weighted by molar-refractivity contribution is 0.0889. The lowest BCUT2D eigenvalue weighted by Crippen LogP contribution is -2.34. The molecule has 0 radical (unpaired) electrons. The van der Waals surface area contributed by atoms with Gasteiger partial charge in [0.2, 0.25) is 0 Å². The summed E-state index contributed by atoms with van der Waals surface area (Å²) in [5.74, 6) is 1.71. The normalized spacial score (nSPS) is 17.7. The molecule has 12 heteroatoms. The average Bonchev–Trinajstić information content (AvgIpc) is 3.84. The standard InChI is InChI=1S/C25H27Cl2N3O.C24H25Cl2N3O/c1-5-20-23(18-12-11-16(26)14-19(18)27)28-21(6-2)25(29-20)30(3)24-17-10-8-7-9-15(17)13-22(24)31-4;1-4-19-22(17-11-10-15(25)13-18(17)26)27-20(5-2)24(28-19)29-23-16-9-7-6-8-14(16)12-21(23)30-3/h7-12,14,22,24H,5-6,13H2,1-4H3;6-11,13,21,23H,4-5,12H2,1-3H3,(H,28,29)/t22-,24-;21-,23-/m00/s1. The van der Waals surface area contributed by atoms with Gasteiger partial charge in [0.25, 0.3) is 0 Å². The molecule has 0 saturated heterocycles. The first-order valence-corrected chi connectivity index (χ1v) is 22.5. The fraction of sp³-hybridized carbons (Fsp3) is 0.347. The van der Waals surface area contributed by atoms with E-state index in [-0.39, 0.29) is 24.3 Å². The van der Waals surface area contributed by atoms with E-state index < -0.39 is 0 Å². The molecule has 2 heterocycles. The van der Waals surface area contributed by atoms with E-state index in [1.165, 1.54) is 22.3 Å². The number of fused-ring (bicyclic) bond motifs is 2. The maximum absolute atomic E-state index is 6.51. The molecule has 318 valence electrons. The van der Waals surface area contributed by atoms with Gasteiger partial charge in [-0.05, 0) is 84.3 Å². The number of nitrogens with one attached hydrogen (secondary N) is 1. The Bertz CT molecular complexity index is 2520. The molecule has 0 saturated carbocycles. The van der Waals surface area contributed by atoms with E-state index in [9.17, 15) is 0 Å². The van der Waals surface area contributed by atoms with Gasteiger partial charge in [0.15, 0.2) is 5.82 Å². The molecule has 0 bridgehead atoms. The molecule has 2 aliphatic rings. The Hall–Kier alpha value is -4.28. The van der Waals surface area contributed by atoms with Crippen LogP contribution < -0.4 is 10.2 Å². The zero-order valence-corrected chi connectivity index (χ0v) is 38.7.